The molecular weight excluding hydrogens is 288 g/mol. The van der Waals surface area contributed by atoms with Crippen molar-refractivity contribution >= 4 is 34.4 Å². The maximum atomic E-state index is 11.9. The number of amides is 2. The van der Waals surface area contributed by atoms with Crippen molar-refractivity contribution in [2.24, 2.45) is 15.2 Å². The van der Waals surface area contributed by atoms with E-state index in [1.54, 1.807) is 0 Å². The normalized spacial score (nSPS) is 14.1. The Morgan fingerprint density at radius 1 is 1.29 bits per heavy atom. The molecule has 0 saturated heterocycles. The van der Waals surface area contributed by atoms with Gasteiger partial charge in [-0.3, -0.25) is 9.59 Å². The molecule has 1 aliphatic rings. The number of para-hydroxylation sites is 1. The molecule has 0 bridgehead atoms. The van der Waals surface area contributed by atoms with Crippen LogP contribution in [0.15, 0.2) is 45.7 Å². The summed E-state index contributed by atoms with van der Waals surface area (Å²) < 4.78 is 0. The summed E-state index contributed by atoms with van der Waals surface area (Å²) >= 11 is 1.06. The summed E-state index contributed by atoms with van der Waals surface area (Å²) in [5, 5.41) is 10.3. The smallest absolute Gasteiger partial charge is 0.299 e. The Hall–Kier alpha value is -2.28. The van der Waals surface area contributed by atoms with E-state index in [0.717, 1.165) is 28.6 Å². The van der Waals surface area contributed by atoms with Gasteiger partial charge in [0.2, 0.25) is 11.1 Å². The molecule has 2 rings (SSSR count). The van der Waals surface area contributed by atoms with Crippen molar-refractivity contribution in [1.82, 2.24) is 0 Å². The first-order valence-electron chi connectivity index (χ1n) is 6.20. The number of amidine groups is 1. The lowest BCUT2D eigenvalue weighted by molar-refractivity contribution is -0.115. The monoisotopic (exact) mass is 302 g/mol. The number of aliphatic imine (C=N–C) groups is 1. The van der Waals surface area contributed by atoms with Crippen molar-refractivity contribution in [1.29, 1.82) is 0 Å². The summed E-state index contributed by atoms with van der Waals surface area (Å²) in [6, 6.07) is 5.80. The second kappa shape index (κ2) is 6.45. The van der Waals surface area contributed by atoms with Gasteiger partial charge in [0.1, 0.15) is 5.70 Å². The molecule has 7 heteroatoms. The zero-order valence-electron chi connectivity index (χ0n) is 11.7. The third kappa shape index (κ3) is 3.85. The molecule has 1 heterocycles. The van der Waals surface area contributed by atoms with Crippen LogP contribution in [-0.2, 0) is 9.59 Å². The number of anilines is 1. The zero-order valence-corrected chi connectivity index (χ0v) is 12.5. The van der Waals surface area contributed by atoms with Crippen LogP contribution < -0.4 is 5.32 Å². The molecule has 0 spiro atoms. The first-order valence-corrected chi connectivity index (χ1v) is 7.18. The maximum absolute atomic E-state index is 11.9. The number of rotatable bonds is 3. The van der Waals surface area contributed by atoms with Crippen molar-refractivity contribution in [3.05, 3.63) is 41.6 Å². The lowest BCUT2D eigenvalue weighted by Crippen LogP contribution is -2.17. The fourth-order valence-electron chi connectivity index (χ4n) is 1.70. The number of carbonyl (C=O) groups is 2. The molecule has 108 valence electrons. The molecular formula is C14H14N4O2S. The van der Waals surface area contributed by atoms with Gasteiger partial charge in [-0.15, -0.1) is 10.2 Å². The second-order valence-electron chi connectivity index (χ2n) is 4.45. The number of azo groups is 1. The van der Waals surface area contributed by atoms with E-state index in [2.05, 4.69) is 27.1 Å². The summed E-state index contributed by atoms with van der Waals surface area (Å²) in [6.45, 7) is 7.25. The number of thioether (sulfide) groups is 1. The summed E-state index contributed by atoms with van der Waals surface area (Å²) in [4.78, 5) is 26.9. The predicted octanol–water partition coefficient (Wildman–Crippen LogP) is 2.84. The van der Waals surface area contributed by atoms with Gasteiger partial charge in [-0.1, -0.05) is 36.5 Å². The van der Waals surface area contributed by atoms with E-state index in [1.165, 1.54) is 0 Å². The molecule has 21 heavy (non-hydrogen) atoms. The summed E-state index contributed by atoms with van der Waals surface area (Å²) in [6.07, 6.45) is 0. The first-order chi connectivity index (χ1) is 9.97. The standard InChI is InChI=1S/C14H14N4O2S/c1-8-5-4-6-9(2)12(8)15-11(19)7-21-14-16-13(20)10(3)17-18-14/h4-6H,3,7H2,1-2H3,(H,15,19). The van der Waals surface area contributed by atoms with Gasteiger partial charge in [0, 0.05) is 5.69 Å². The minimum Gasteiger partial charge on any atom is -0.325 e. The molecule has 0 atom stereocenters. The summed E-state index contributed by atoms with van der Waals surface area (Å²) in [5.41, 5.74) is 2.79. The highest BCUT2D eigenvalue weighted by atomic mass is 32.2. The van der Waals surface area contributed by atoms with Crippen molar-refractivity contribution in [3.8, 4) is 0 Å². The molecule has 0 unspecified atom stereocenters. The van der Waals surface area contributed by atoms with Crippen molar-refractivity contribution in [3.63, 3.8) is 0 Å². The van der Waals surface area contributed by atoms with Crippen molar-refractivity contribution < 1.29 is 9.59 Å². The van der Waals surface area contributed by atoms with E-state index in [0.29, 0.717) is 0 Å². The van der Waals surface area contributed by atoms with Gasteiger partial charge >= 0.3 is 0 Å². The van der Waals surface area contributed by atoms with Gasteiger partial charge in [-0.05, 0) is 25.0 Å². The second-order valence-corrected chi connectivity index (χ2v) is 5.39. The molecule has 1 aliphatic heterocycles. The lowest BCUT2D eigenvalue weighted by Gasteiger charge is -2.11. The number of hydrogen-bond acceptors (Lipinski definition) is 5. The van der Waals surface area contributed by atoms with E-state index in [9.17, 15) is 9.59 Å². The van der Waals surface area contributed by atoms with Crippen LogP contribution in [0, 0.1) is 13.8 Å². The fourth-order valence-corrected chi connectivity index (χ4v) is 2.28. The van der Waals surface area contributed by atoms with Crippen LogP contribution in [0.1, 0.15) is 11.1 Å². The Labute approximate surface area is 126 Å². The first kappa shape index (κ1) is 15.1. The number of hydrogen-bond donors (Lipinski definition) is 1. The Balaban J connectivity index is 1.94. The molecule has 1 aromatic rings. The fraction of sp³-hybridized carbons (Fsp3) is 0.214. The van der Waals surface area contributed by atoms with Crippen molar-refractivity contribution in [2.75, 3.05) is 11.1 Å². The van der Waals surface area contributed by atoms with Gasteiger partial charge in [0.25, 0.3) is 5.91 Å². The zero-order chi connectivity index (χ0) is 15.4. The molecule has 2 amide bonds. The lowest BCUT2D eigenvalue weighted by atomic mass is 10.1. The van der Waals surface area contributed by atoms with Crippen LogP contribution in [-0.4, -0.2) is 22.7 Å². The van der Waals surface area contributed by atoms with Gasteiger partial charge in [0.05, 0.1) is 5.75 Å². The highest BCUT2D eigenvalue weighted by Crippen LogP contribution is 2.20. The topological polar surface area (TPSA) is 83.2 Å². The highest BCUT2D eigenvalue weighted by Gasteiger charge is 2.15. The number of nitrogens with zero attached hydrogens (tertiary/aromatic N) is 3. The molecule has 1 N–H and O–H groups in total. The number of aryl methyl sites for hydroxylation is 2. The van der Waals surface area contributed by atoms with E-state index in [1.807, 2.05) is 32.0 Å². The molecule has 0 saturated carbocycles. The van der Waals surface area contributed by atoms with Gasteiger partial charge in [0.15, 0.2) is 0 Å². The largest absolute Gasteiger partial charge is 0.325 e. The maximum Gasteiger partial charge on any atom is 0.299 e. The minimum atomic E-state index is -0.525. The van der Waals surface area contributed by atoms with Crippen LogP contribution in [0.25, 0.3) is 0 Å². The Morgan fingerprint density at radius 2 is 1.95 bits per heavy atom. The SMILES string of the molecule is C=C1N=NC(SCC(=O)Nc2c(C)cccc2C)=NC1=O. The summed E-state index contributed by atoms with van der Waals surface area (Å²) in [7, 11) is 0. The van der Waals surface area contributed by atoms with Gasteiger partial charge in [-0.2, -0.15) is 4.99 Å². The quantitative estimate of drug-likeness (QED) is 0.871. The van der Waals surface area contributed by atoms with Gasteiger partial charge in [-0.25, -0.2) is 0 Å². The molecule has 0 fully saturated rings. The van der Waals surface area contributed by atoms with Gasteiger partial charge < -0.3 is 5.32 Å². The van der Waals surface area contributed by atoms with E-state index in [-0.39, 0.29) is 22.5 Å². The molecule has 0 aromatic heterocycles. The molecule has 1 aromatic carbocycles. The van der Waals surface area contributed by atoms with E-state index >= 15 is 0 Å². The third-order valence-electron chi connectivity index (χ3n) is 2.78. The van der Waals surface area contributed by atoms with Crippen LogP contribution in [0.5, 0.6) is 0 Å². The Bertz CT molecular complexity index is 659. The van der Waals surface area contributed by atoms with Crippen LogP contribution in [0.2, 0.25) is 0 Å². The van der Waals surface area contributed by atoms with Crippen LogP contribution in [0.3, 0.4) is 0 Å². The number of carbonyl (C=O) groups excluding carboxylic acids is 2. The highest BCUT2D eigenvalue weighted by molar-refractivity contribution is 8.14. The molecule has 0 radical (unpaired) electrons. The minimum absolute atomic E-state index is 0.000614. The predicted molar refractivity (Wildman–Crippen MR) is 83.4 cm³/mol. The molecule has 6 nitrogen and oxygen atoms in total. The van der Waals surface area contributed by atoms with E-state index < -0.39 is 5.91 Å². The van der Waals surface area contributed by atoms with Crippen molar-refractivity contribution in [2.45, 2.75) is 13.8 Å². The number of benzene rings is 1. The third-order valence-corrected chi connectivity index (χ3v) is 3.62. The Morgan fingerprint density at radius 3 is 2.57 bits per heavy atom. The van der Waals surface area contributed by atoms with E-state index in [4.69, 9.17) is 0 Å². The molecule has 0 aliphatic carbocycles. The van der Waals surface area contributed by atoms with Crippen LogP contribution >= 0.6 is 11.8 Å². The Kier molecular flexibility index (Phi) is 4.64. The summed E-state index contributed by atoms with van der Waals surface area (Å²) in [5.74, 6) is -0.611. The number of nitrogens with one attached hydrogen (secondary N) is 1. The average Bonchev–Trinajstić information content (AvgIpc) is 2.44. The van der Waals surface area contributed by atoms with Crippen LogP contribution in [0.4, 0.5) is 5.69 Å². The average molecular weight is 302 g/mol.